The molecule has 10 nitrogen and oxygen atoms in total. The van der Waals surface area contributed by atoms with E-state index in [1.807, 2.05) is 0 Å². The number of fused-ring (bicyclic) bond motifs is 1. The Labute approximate surface area is 244 Å². The number of carbonyl (C=O) groups is 4. The molecule has 0 unspecified atom stereocenters. The summed E-state index contributed by atoms with van der Waals surface area (Å²) in [4.78, 5) is 59.1. The first-order chi connectivity index (χ1) is 18.9. The molecule has 1 aromatic carbocycles. The Kier molecular flexibility index (Phi) is 9.02. The number of ether oxygens (including phenoxy) is 3. The van der Waals surface area contributed by atoms with Crippen molar-refractivity contribution in [3.63, 3.8) is 0 Å². The zero-order valence-electron chi connectivity index (χ0n) is 23.2. The van der Waals surface area contributed by atoms with Gasteiger partial charge in [-0.05, 0) is 51.5 Å². The molecule has 3 aliphatic rings. The van der Waals surface area contributed by atoms with Crippen LogP contribution in [-0.4, -0.2) is 90.2 Å². The largest absolute Gasteiger partial charge is 0.465 e. The van der Waals surface area contributed by atoms with Crippen molar-refractivity contribution in [2.24, 2.45) is 11.3 Å². The average Bonchev–Trinajstić information content (AvgIpc) is 3.12. The second-order valence-corrected chi connectivity index (χ2v) is 11.9. The standard InChI is InChI=1S/C28H35Cl2N3O7/c1-5-39-25(36)28-17-32(26(37)40-27(2,3)4)9-8-22(28)33(16-18-6-7-19(29)14-21(18)30)24(35)20(28)15-23(34)31-10-12-38-13-11-31/h6-8,14,20H,5,9-13,15-17H2,1-4H3/t20-,28-/m1/s1. The van der Waals surface area contributed by atoms with E-state index >= 15 is 0 Å². The number of benzene rings is 1. The van der Waals surface area contributed by atoms with Gasteiger partial charge in [0, 0.05) is 48.3 Å². The van der Waals surface area contributed by atoms with Crippen LogP contribution in [0.15, 0.2) is 30.0 Å². The summed E-state index contributed by atoms with van der Waals surface area (Å²) in [6.45, 7) is 8.52. The van der Waals surface area contributed by atoms with Crippen molar-refractivity contribution in [3.05, 3.63) is 45.6 Å². The van der Waals surface area contributed by atoms with Crippen LogP contribution in [0.3, 0.4) is 0 Å². The third kappa shape index (κ3) is 6.09. The number of rotatable bonds is 6. The van der Waals surface area contributed by atoms with Crippen LogP contribution in [0.2, 0.25) is 10.0 Å². The smallest absolute Gasteiger partial charge is 0.410 e. The van der Waals surface area contributed by atoms with Crippen LogP contribution in [0.5, 0.6) is 0 Å². The molecule has 4 rings (SSSR count). The quantitative estimate of drug-likeness (QED) is 0.459. The van der Waals surface area contributed by atoms with E-state index in [-0.39, 0.29) is 38.6 Å². The monoisotopic (exact) mass is 595 g/mol. The van der Waals surface area contributed by atoms with Crippen molar-refractivity contribution in [2.45, 2.75) is 46.3 Å². The Morgan fingerprint density at radius 3 is 2.45 bits per heavy atom. The number of nitrogens with zero attached hydrogens (tertiary/aromatic N) is 3. The van der Waals surface area contributed by atoms with Crippen molar-refractivity contribution in [1.29, 1.82) is 0 Å². The first kappa shape index (κ1) is 30.1. The van der Waals surface area contributed by atoms with Gasteiger partial charge in [0.1, 0.15) is 11.0 Å². The van der Waals surface area contributed by atoms with Crippen molar-refractivity contribution in [2.75, 3.05) is 46.0 Å². The van der Waals surface area contributed by atoms with Crippen LogP contribution in [0.4, 0.5) is 4.79 Å². The van der Waals surface area contributed by atoms with E-state index in [9.17, 15) is 19.2 Å². The van der Waals surface area contributed by atoms with E-state index in [1.54, 1.807) is 56.9 Å². The van der Waals surface area contributed by atoms with E-state index in [0.717, 1.165) is 0 Å². The van der Waals surface area contributed by atoms with E-state index in [4.69, 9.17) is 37.4 Å². The van der Waals surface area contributed by atoms with Crippen LogP contribution in [0.25, 0.3) is 0 Å². The average molecular weight is 597 g/mol. The van der Waals surface area contributed by atoms with Gasteiger partial charge in [-0.1, -0.05) is 29.3 Å². The van der Waals surface area contributed by atoms with Crippen LogP contribution >= 0.6 is 23.2 Å². The van der Waals surface area contributed by atoms with Gasteiger partial charge < -0.3 is 28.9 Å². The van der Waals surface area contributed by atoms with Gasteiger partial charge in [0.15, 0.2) is 0 Å². The summed E-state index contributed by atoms with van der Waals surface area (Å²) >= 11 is 12.5. The first-order valence-electron chi connectivity index (χ1n) is 13.3. The number of likely N-dealkylation sites (tertiary alicyclic amines) is 1. The number of carbonyl (C=O) groups excluding carboxylic acids is 4. The third-order valence-corrected chi connectivity index (χ3v) is 7.82. The fraction of sp³-hybridized carbons (Fsp3) is 0.571. The zero-order valence-corrected chi connectivity index (χ0v) is 24.7. The van der Waals surface area contributed by atoms with Gasteiger partial charge >= 0.3 is 12.1 Å². The van der Waals surface area contributed by atoms with E-state index < -0.39 is 34.9 Å². The molecule has 12 heteroatoms. The summed E-state index contributed by atoms with van der Waals surface area (Å²) in [5, 5.41) is 0.808. The lowest BCUT2D eigenvalue weighted by Crippen LogP contribution is -2.54. The molecule has 0 spiro atoms. The molecule has 3 amide bonds. The Morgan fingerprint density at radius 2 is 1.82 bits per heavy atom. The molecular formula is C28H35Cl2N3O7. The van der Waals surface area contributed by atoms with Gasteiger partial charge in [-0.25, -0.2) is 4.79 Å². The molecule has 3 aliphatic heterocycles. The maximum absolute atomic E-state index is 14.2. The van der Waals surface area contributed by atoms with Crippen LogP contribution in [-0.2, 0) is 35.1 Å². The highest BCUT2D eigenvalue weighted by molar-refractivity contribution is 6.35. The normalized spacial score (nSPS) is 23.1. The van der Waals surface area contributed by atoms with Gasteiger partial charge in [0.05, 0.1) is 32.3 Å². The fourth-order valence-corrected chi connectivity index (χ4v) is 5.85. The summed E-state index contributed by atoms with van der Waals surface area (Å²) < 4.78 is 16.5. The van der Waals surface area contributed by atoms with Crippen LogP contribution in [0.1, 0.15) is 39.7 Å². The molecule has 40 heavy (non-hydrogen) atoms. The summed E-state index contributed by atoms with van der Waals surface area (Å²) in [7, 11) is 0. The number of hydrogen-bond donors (Lipinski definition) is 0. The minimum Gasteiger partial charge on any atom is -0.465 e. The lowest BCUT2D eigenvalue weighted by molar-refractivity contribution is -0.159. The van der Waals surface area contributed by atoms with Crippen molar-refractivity contribution in [1.82, 2.24) is 14.7 Å². The molecule has 2 fully saturated rings. The summed E-state index contributed by atoms with van der Waals surface area (Å²) in [6.07, 6.45) is 0.809. The van der Waals surface area contributed by atoms with Gasteiger partial charge in [-0.2, -0.15) is 0 Å². The number of amides is 3. The van der Waals surface area contributed by atoms with E-state index in [1.165, 1.54) is 9.80 Å². The molecule has 0 aromatic heterocycles. The maximum atomic E-state index is 14.2. The lowest BCUT2D eigenvalue weighted by atomic mass is 9.71. The van der Waals surface area contributed by atoms with Gasteiger partial charge in [0.2, 0.25) is 11.8 Å². The molecule has 3 heterocycles. The highest BCUT2D eigenvalue weighted by Crippen LogP contribution is 2.51. The molecule has 0 N–H and O–H groups in total. The topological polar surface area (TPSA) is 106 Å². The Balaban J connectivity index is 1.78. The van der Waals surface area contributed by atoms with Crippen molar-refractivity contribution in [3.8, 4) is 0 Å². The molecule has 0 aliphatic carbocycles. The third-order valence-electron chi connectivity index (χ3n) is 7.23. The molecule has 2 atom stereocenters. The lowest BCUT2D eigenvalue weighted by Gasteiger charge is -2.41. The first-order valence-corrected chi connectivity index (χ1v) is 14.1. The van der Waals surface area contributed by atoms with Crippen molar-refractivity contribution >= 4 is 47.1 Å². The summed E-state index contributed by atoms with van der Waals surface area (Å²) in [5.41, 5.74) is -1.37. The number of morpholine rings is 1. The van der Waals surface area contributed by atoms with Crippen LogP contribution < -0.4 is 0 Å². The van der Waals surface area contributed by atoms with Gasteiger partial charge in [-0.3, -0.25) is 14.4 Å². The molecule has 2 saturated heterocycles. The summed E-state index contributed by atoms with van der Waals surface area (Å²) in [6, 6.07) is 4.96. The van der Waals surface area contributed by atoms with Crippen molar-refractivity contribution < 1.29 is 33.4 Å². The predicted molar refractivity (Wildman–Crippen MR) is 147 cm³/mol. The minimum absolute atomic E-state index is 0.0521. The summed E-state index contributed by atoms with van der Waals surface area (Å²) in [5.74, 6) is -2.47. The second kappa shape index (κ2) is 12.0. The number of esters is 1. The number of halogens is 2. The highest BCUT2D eigenvalue weighted by Gasteiger charge is 2.64. The SMILES string of the molecule is CCOC(=O)[C@@]12CN(C(=O)OC(C)(C)C)CC=C1N(Cc1ccc(Cl)cc1Cl)C(=O)[C@H]2CC(=O)N1CCOCC1. The molecular weight excluding hydrogens is 561 g/mol. The molecule has 0 saturated carbocycles. The Bertz CT molecular complexity index is 1210. The van der Waals surface area contributed by atoms with Crippen LogP contribution in [0, 0.1) is 11.3 Å². The second-order valence-electron chi connectivity index (χ2n) is 11.1. The Hall–Kier alpha value is -2.82. The fourth-order valence-electron chi connectivity index (χ4n) is 5.38. The number of hydrogen-bond acceptors (Lipinski definition) is 7. The van der Waals surface area contributed by atoms with E-state index in [2.05, 4.69) is 0 Å². The minimum atomic E-state index is -1.61. The molecule has 0 bridgehead atoms. The van der Waals surface area contributed by atoms with Gasteiger partial charge in [-0.15, -0.1) is 0 Å². The van der Waals surface area contributed by atoms with Gasteiger partial charge in [0.25, 0.3) is 0 Å². The highest BCUT2D eigenvalue weighted by atomic mass is 35.5. The predicted octanol–water partition coefficient (Wildman–Crippen LogP) is 3.88. The van der Waals surface area contributed by atoms with E-state index in [0.29, 0.717) is 47.6 Å². The molecule has 218 valence electrons. The molecule has 1 aromatic rings. The zero-order chi connectivity index (χ0) is 29.2. The Morgan fingerprint density at radius 1 is 1.12 bits per heavy atom. The molecule has 0 radical (unpaired) electrons. The maximum Gasteiger partial charge on any atom is 0.410 e.